The molecular weight excluding hydrogens is 293 g/mol. The van der Waals surface area contributed by atoms with Crippen LogP contribution < -0.4 is 0 Å². The normalized spacial score (nSPS) is 22.9. The van der Waals surface area contributed by atoms with Gasteiger partial charge in [0.05, 0.1) is 19.3 Å². The van der Waals surface area contributed by atoms with E-state index in [9.17, 15) is 5.11 Å². The summed E-state index contributed by atoms with van der Waals surface area (Å²) in [5, 5.41) is 11.1. The van der Waals surface area contributed by atoms with Gasteiger partial charge in [-0.15, -0.1) is 0 Å². The van der Waals surface area contributed by atoms with E-state index in [1.165, 1.54) is 9.13 Å². The Morgan fingerprint density at radius 1 is 1.43 bits per heavy atom. The minimum absolute atomic E-state index is 0.334. The van der Waals surface area contributed by atoms with E-state index < -0.39 is 0 Å². The van der Waals surface area contributed by atoms with E-state index >= 15 is 0 Å². The Hall–Kier alpha value is -0.170. The summed E-state index contributed by atoms with van der Waals surface area (Å²) in [6, 6.07) is 8.30. The summed E-state index contributed by atoms with van der Waals surface area (Å²) < 4.78 is 1.23. The minimum atomic E-state index is -0.334. The lowest BCUT2D eigenvalue weighted by atomic mass is 10.2. The molecule has 1 aromatic rings. The topological polar surface area (TPSA) is 32.7 Å². The van der Waals surface area contributed by atoms with Gasteiger partial charge in [0.1, 0.15) is 0 Å². The van der Waals surface area contributed by atoms with Crippen LogP contribution in [0.2, 0.25) is 0 Å². The molecule has 1 saturated heterocycles. The first kappa shape index (κ1) is 10.4. The van der Waals surface area contributed by atoms with Gasteiger partial charge in [0.15, 0.2) is 0 Å². The molecule has 1 N–H and O–H groups in total. The van der Waals surface area contributed by atoms with Crippen molar-refractivity contribution in [2.45, 2.75) is 12.6 Å². The number of nitrogens with zero attached hydrogens (tertiary/aromatic N) is 1. The highest BCUT2D eigenvalue weighted by Gasteiger charge is 2.20. The maximum atomic E-state index is 9.25. The molecule has 1 unspecified atom stereocenters. The van der Waals surface area contributed by atoms with Crippen molar-refractivity contribution in [3.63, 3.8) is 0 Å². The Kier molecular flexibility index (Phi) is 3.38. The van der Waals surface area contributed by atoms with Gasteiger partial charge in [-0.2, -0.15) is 5.06 Å². The molecule has 1 aromatic carbocycles. The number of rotatable bonds is 2. The third-order valence-electron chi connectivity index (χ3n) is 2.14. The van der Waals surface area contributed by atoms with Crippen molar-refractivity contribution >= 4 is 22.6 Å². The Labute approximate surface area is 96.8 Å². The van der Waals surface area contributed by atoms with Gasteiger partial charge in [-0.1, -0.05) is 12.1 Å². The second-order valence-corrected chi connectivity index (χ2v) is 4.64. The van der Waals surface area contributed by atoms with Crippen LogP contribution in [0.4, 0.5) is 0 Å². The van der Waals surface area contributed by atoms with Crippen LogP contribution in [0.3, 0.4) is 0 Å². The maximum Gasteiger partial charge on any atom is 0.0958 e. The van der Waals surface area contributed by atoms with E-state index in [4.69, 9.17) is 4.84 Å². The first-order valence-corrected chi connectivity index (χ1v) is 5.62. The first-order chi connectivity index (χ1) is 6.74. The van der Waals surface area contributed by atoms with E-state index in [1.54, 1.807) is 5.06 Å². The Morgan fingerprint density at radius 2 is 2.14 bits per heavy atom. The number of aliphatic hydroxyl groups is 1. The summed E-state index contributed by atoms with van der Waals surface area (Å²) in [6.07, 6.45) is -0.334. The lowest BCUT2D eigenvalue weighted by Gasteiger charge is -2.13. The molecule has 3 nitrogen and oxygen atoms in total. The molecule has 0 saturated carbocycles. The second kappa shape index (κ2) is 4.57. The van der Waals surface area contributed by atoms with Gasteiger partial charge in [0, 0.05) is 10.1 Å². The molecule has 0 spiro atoms. The molecule has 14 heavy (non-hydrogen) atoms. The summed E-state index contributed by atoms with van der Waals surface area (Å²) in [6.45, 7) is 1.77. The van der Waals surface area contributed by atoms with E-state index in [2.05, 4.69) is 46.9 Å². The summed E-state index contributed by atoms with van der Waals surface area (Å²) in [7, 11) is 0. The highest BCUT2D eigenvalue weighted by Crippen LogP contribution is 2.12. The van der Waals surface area contributed by atoms with Gasteiger partial charge < -0.3 is 5.11 Å². The average molecular weight is 305 g/mol. The fourth-order valence-electron chi connectivity index (χ4n) is 1.44. The third kappa shape index (κ3) is 2.66. The highest BCUT2D eigenvalue weighted by molar-refractivity contribution is 14.1. The zero-order chi connectivity index (χ0) is 9.97. The van der Waals surface area contributed by atoms with Crippen molar-refractivity contribution in [3.8, 4) is 0 Å². The minimum Gasteiger partial charge on any atom is -0.389 e. The third-order valence-corrected chi connectivity index (χ3v) is 2.86. The van der Waals surface area contributed by atoms with Crippen molar-refractivity contribution in [1.82, 2.24) is 5.06 Å². The quantitative estimate of drug-likeness (QED) is 0.839. The number of hydrogen-bond donors (Lipinski definition) is 1. The van der Waals surface area contributed by atoms with Crippen molar-refractivity contribution in [2.75, 3.05) is 13.2 Å². The predicted octanol–water partition coefficient (Wildman–Crippen LogP) is 1.40. The summed E-state index contributed by atoms with van der Waals surface area (Å²) >= 11 is 2.28. The van der Waals surface area contributed by atoms with Crippen LogP contribution in [0.25, 0.3) is 0 Å². The number of β-amino-alcohol motifs (C(OH)–C–C–N with tert-alkyl or cyclic N) is 1. The maximum absolute atomic E-state index is 9.25. The van der Waals surface area contributed by atoms with E-state index in [-0.39, 0.29) is 6.10 Å². The first-order valence-electron chi connectivity index (χ1n) is 4.54. The molecule has 0 aliphatic carbocycles. The van der Waals surface area contributed by atoms with Crippen LogP contribution in [0.15, 0.2) is 24.3 Å². The van der Waals surface area contributed by atoms with Gasteiger partial charge in [-0.25, -0.2) is 0 Å². The fourth-order valence-corrected chi connectivity index (χ4v) is 1.80. The van der Waals surface area contributed by atoms with Gasteiger partial charge >= 0.3 is 0 Å². The largest absolute Gasteiger partial charge is 0.389 e. The van der Waals surface area contributed by atoms with Crippen LogP contribution >= 0.6 is 22.6 Å². The predicted molar refractivity (Wildman–Crippen MR) is 61.5 cm³/mol. The van der Waals surface area contributed by atoms with Crippen LogP contribution in [0.5, 0.6) is 0 Å². The second-order valence-electron chi connectivity index (χ2n) is 3.40. The monoisotopic (exact) mass is 305 g/mol. The molecule has 1 aliphatic rings. The summed E-state index contributed by atoms with van der Waals surface area (Å²) in [5.74, 6) is 0. The van der Waals surface area contributed by atoms with E-state index in [1.807, 2.05) is 0 Å². The molecule has 0 radical (unpaired) electrons. The number of halogens is 1. The van der Waals surface area contributed by atoms with Gasteiger partial charge in [0.2, 0.25) is 0 Å². The Balaban J connectivity index is 1.94. The lowest BCUT2D eigenvalue weighted by Crippen LogP contribution is -2.20. The molecule has 0 amide bonds. The summed E-state index contributed by atoms with van der Waals surface area (Å²) in [5.41, 5.74) is 1.21. The molecule has 1 atom stereocenters. The molecule has 1 aliphatic heterocycles. The molecular formula is C10H12INO2. The van der Waals surface area contributed by atoms with Crippen LogP contribution in [0.1, 0.15) is 5.56 Å². The van der Waals surface area contributed by atoms with E-state index in [0.29, 0.717) is 13.2 Å². The van der Waals surface area contributed by atoms with Crippen molar-refractivity contribution in [3.05, 3.63) is 33.4 Å². The molecule has 0 bridgehead atoms. The van der Waals surface area contributed by atoms with Crippen LogP contribution in [-0.2, 0) is 11.4 Å². The van der Waals surface area contributed by atoms with Crippen molar-refractivity contribution in [2.24, 2.45) is 0 Å². The number of aliphatic hydroxyl groups excluding tert-OH is 1. The Bertz CT molecular complexity index is 301. The molecule has 76 valence electrons. The number of benzene rings is 1. The average Bonchev–Trinajstić information content (AvgIpc) is 2.56. The van der Waals surface area contributed by atoms with E-state index in [0.717, 1.165) is 6.54 Å². The van der Waals surface area contributed by atoms with Crippen LogP contribution in [0, 0.1) is 3.57 Å². The van der Waals surface area contributed by atoms with Gasteiger partial charge in [-0.05, 0) is 40.3 Å². The molecule has 4 heteroatoms. The SMILES string of the molecule is OC1CON(Cc2ccc(I)cc2)C1. The fraction of sp³-hybridized carbons (Fsp3) is 0.400. The number of hydroxylamine groups is 2. The zero-order valence-corrected chi connectivity index (χ0v) is 9.85. The molecule has 1 fully saturated rings. The summed E-state index contributed by atoms with van der Waals surface area (Å²) in [4.78, 5) is 5.28. The smallest absolute Gasteiger partial charge is 0.0958 e. The van der Waals surface area contributed by atoms with Crippen molar-refractivity contribution < 1.29 is 9.94 Å². The molecule has 2 rings (SSSR count). The van der Waals surface area contributed by atoms with Gasteiger partial charge in [0.25, 0.3) is 0 Å². The van der Waals surface area contributed by atoms with Crippen molar-refractivity contribution in [1.29, 1.82) is 0 Å². The lowest BCUT2D eigenvalue weighted by molar-refractivity contribution is -0.117. The van der Waals surface area contributed by atoms with Crippen LogP contribution in [-0.4, -0.2) is 29.4 Å². The zero-order valence-electron chi connectivity index (χ0n) is 7.69. The number of hydrogen-bond acceptors (Lipinski definition) is 3. The molecule has 0 aromatic heterocycles. The Morgan fingerprint density at radius 3 is 2.71 bits per heavy atom. The van der Waals surface area contributed by atoms with Gasteiger partial charge in [-0.3, -0.25) is 4.84 Å². The highest BCUT2D eigenvalue weighted by atomic mass is 127. The molecule has 1 heterocycles. The standard InChI is InChI=1S/C10H12INO2/c11-9-3-1-8(2-4-9)5-12-6-10(13)7-14-12/h1-4,10,13H,5-7H2.